The predicted molar refractivity (Wildman–Crippen MR) is 94.2 cm³/mol. The molecule has 24 heavy (non-hydrogen) atoms. The van der Waals surface area contributed by atoms with Gasteiger partial charge in [0.15, 0.2) is 11.5 Å². The molecule has 1 heterocycles. The summed E-state index contributed by atoms with van der Waals surface area (Å²) >= 11 is 1.67. The molecule has 0 N–H and O–H groups in total. The highest BCUT2D eigenvalue weighted by Crippen LogP contribution is 2.44. The van der Waals surface area contributed by atoms with E-state index in [9.17, 15) is 10.1 Å². The Kier molecular flexibility index (Phi) is 4.76. The molecule has 0 radical (unpaired) electrons. The molecule has 0 amide bonds. The van der Waals surface area contributed by atoms with Gasteiger partial charge < -0.3 is 9.47 Å². The highest BCUT2D eigenvalue weighted by molar-refractivity contribution is 7.12. The van der Waals surface area contributed by atoms with Gasteiger partial charge in [0.05, 0.1) is 20.1 Å². The number of benzene rings is 1. The van der Waals surface area contributed by atoms with E-state index in [2.05, 4.69) is 13.0 Å². The molecule has 1 aliphatic rings. The summed E-state index contributed by atoms with van der Waals surface area (Å²) in [5, 5.41) is 11.7. The first kappa shape index (κ1) is 16.8. The first-order chi connectivity index (χ1) is 11.6. The van der Waals surface area contributed by atoms with E-state index in [-0.39, 0.29) is 10.8 Å². The molecule has 1 aliphatic carbocycles. The Labute approximate surface area is 145 Å². The molecule has 0 spiro atoms. The lowest BCUT2D eigenvalue weighted by molar-refractivity contribution is -0.526. The largest absolute Gasteiger partial charge is 0.493 e. The second-order valence-corrected chi connectivity index (χ2v) is 7.13. The lowest BCUT2D eigenvalue weighted by Gasteiger charge is -2.28. The molecule has 1 aromatic heterocycles. The SMILES string of the molecule is CCc1ccc([C@H]2c3cc(OC)c(OC)cc3CC[C@@H]2[N+](=O)[O-])s1. The van der Waals surface area contributed by atoms with Crippen LogP contribution in [0.25, 0.3) is 0 Å². The van der Waals surface area contributed by atoms with Crippen molar-refractivity contribution in [1.29, 1.82) is 0 Å². The maximum Gasteiger partial charge on any atom is 0.225 e. The Morgan fingerprint density at radius 2 is 1.96 bits per heavy atom. The van der Waals surface area contributed by atoms with Crippen molar-refractivity contribution < 1.29 is 14.4 Å². The van der Waals surface area contributed by atoms with Crippen LogP contribution in [0.3, 0.4) is 0 Å². The number of ether oxygens (including phenoxy) is 2. The van der Waals surface area contributed by atoms with E-state index in [0.29, 0.717) is 24.3 Å². The molecule has 0 unspecified atom stereocenters. The van der Waals surface area contributed by atoms with E-state index in [1.807, 2.05) is 18.2 Å². The van der Waals surface area contributed by atoms with Crippen LogP contribution in [0.1, 0.15) is 40.1 Å². The zero-order valence-corrected chi connectivity index (χ0v) is 14.9. The van der Waals surface area contributed by atoms with E-state index in [1.165, 1.54) is 4.88 Å². The number of fused-ring (bicyclic) bond motifs is 1. The number of hydrogen-bond donors (Lipinski definition) is 0. The molecule has 2 aromatic rings. The molecule has 0 aliphatic heterocycles. The molecule has 3 rings (SSSR count). The standard InChI is InChI=1S/C18H21NO4S/c1-4-12-6-8-17(24-12)18-13-10-16(23-3)15(22-2)9-11(13)5-7-14(18)19(20)21/h6,8-10,14,18H,4-5,7H2,1-3H3/t14-,18-/m0/s1. The zero-order valence-electron chi connectivity index (χ0n) is 14.1. The van der Waals surface area contributed by atoms with Crippen molar-refractivity contribution in [2.45, 2.75) is 38.1 Å². The number of hydrogen-bond acceptors (Lipinski definition) is 5. The van der Waals surface area contributed by atoms with Crippen LogP contribution in [-0.2, 0) is 12.8 Å². The number of aryl methyl sites for hydroxylation is 2. The second kappa shape index (κ2) is 6.81. The number of nitrogens with zero attached hydrogens (tertiary/aromatic N) is 1. The fourth-order valence-corrected chi connectivity index (χ4v) is 4.57. The van der Waals surface area contributed by atoms with Crippen molar-refractivity contribution in [3.05, 3.63) is 55.3 Å². The second-order valence-electron chi connectivity index (χ2n) is 5.93. The lowest BCUT2D eigenvalue weighted by Crippen LogP contribution is -2.32. The minimum Gasteiger partial charge on any atom is -0.493 e. The fraction of sp³-hybridized carbons (Fsp3) is 0.444. The van der Waals surface area contributed by atoms with Crippen molar-refractivity contribution >= 4 is 11.3 Å². The van der Waals surface area contributed by atoms with Gasteiger partial charge in [-0.25, -0.2) is 0 Å². The monoisotopic (exact) mass is 347 g/mol. The summed E-state index contributed by atoms with van der Waals surface area (Å²) in [6.07, 6.45) is 2.17. The average Bonchev–Trinajstić information content (AvgIpc) is 3.07. The Bertz CT molecular complexity index is 755. The molecular formula is C18H21NO4S. The van der Waals surface area contributed by atoms with E-state index < -0.39 is 6.04 Å². The molecule has 1 aromatic carbocycles. The molecule has 5 nitrogen and oxygen atoms in total. The summed E-state index contributed by atoms with van der Waals surface area (Å²) < 4.78 is 10.8. The van der Waals surface area contributed by atoms with Crippen molar-refractivity contribution in [2.24, 2.45) is 0 Å². The van der Waals surface area contributed by atoms with Gasteiger partial charge in [-0.1, -0.05) is 6.92 Å². The first-order valence-electron chi connectivity index (χ1n) is 8.05. The van der Waals surface area contributed by atoms with Gasteiger partial charge >= 0.3 is 0 Å². The van der Waals surface area contributed by atoms with Crippen LogP contribution in [0.4, 0.5) is 0 Å². The number of methoxy groups -OCH3 is 2. The van der Waals surface area contributed by atoms with Crippen molar-refractivity contribution in [2.75, 3.05) is 14.2 Å². The van der Waals surface area contributed by atoms with E-state index in [0.717, 1.165) is 22.4 Å². The smallest absolute Gasteiger partial charge is 0.225 e. The van der Waals surface area contributed by atoms with E-state index >= 15 is 0 Å². The fourth-order valence-electron chi connectivity index (χ4n) is 3.44. The molecule has 6 heteroatoms. The van der Waals surface area contributed by atoms with Gasteiger partial charge in [-0.05, 0) is 48.2 Å². The van der Waals surface area contributed by atoms with Gasteiger partial charge in [0.2, 0.25) is 6.04 Å². The van der Waals surface area contributed by atoms with Crippen LogP contribution in [0.15, 0.2) is 24.3 Å². The van der Waals surface area contributed by atoms with Crippen LogP contribution in [0, 0.1) is 10.1 Å². The minimum atomic E-state index is -0.598. The van der Waals surface area contributed by atoms with Gasteiger partial charge in [0.1, 0.15) is 0 Å². The van der Waals surface area contributed by atoms with Crippen molar-refractivity contribution in [3.63, 3.8) is 0 Å². The Morgan fingerprint density at radius 1 is 1.25 bits per heavy atom. The normalized spacial score (nSPS) is 19.6. The van der Waals surface area contributed by atoms with Gasteiger partial charge in [-0.15, -0.1) is 11.3 Å². The van der Waals surface area contributed by atoms with Crippen LogP contribution in [0.5, 0.6) is 11.5 Å². The predicted octanol–water partition coefficient (Wildman–Crippen LogP) is 4.05. The number of rotatable bonds is 5. The minimum absolute atomic E-state index is 0.129. The summed E-state index contributed by atoms with van der Waals surface area (Å²) in [6.45, 7) is 2.10. The van der Waals surface area contributed by atoms with Crippen LogP contribution >= 0.6 is 11.3 Å². The first-order valence-corrected chi connectivity index (χ1v) is 8.87. The molecule has 128 valence electrons. The lowest BCUT2D eigenvalue weighted by atomic mass is 9.78. The van der Waals surface area contributed by atoms with Crippen LogP contribution < -0.4 is 9.47 Å². The van der Waals surface area contributed by atoms with Crippen molar-refractivity contribution in [1.82, 2.24) is 0 Å². The van der Waals surface area contributed by atoms with Gasteiger partial charge in [0, 0.05) is 21.1 Å². The highest BCUT2D eigenvalue weighted by atomic mass is 32.1. The molecule has 2 atom stereocenters. The summed E-state index contributed by atoms with van der Waals surface area (Å²) in [6, 6.07) is 7.40. The van der Waals surface area contributed by atoms with Gasteiger partial charge in [-0.2, -0.15) is 0 Å². The zero-order chi connectivity index (χ0) is 17.3. The summed E-state index contributed by atoms with van der Waals surface area (Å²) in [7, 11) is 3.20. The molecular weight excluding hydrogens is 326 g/mol. The quantitative estimate of drug-likeness (QED) is 0.605. The number of nitro groups is 1. The van der Waals surface area contributed by atoms with Crippen LogP contribution in [-0.4, -0.2) is 25.2 Å². The molecule has 0 bridgehead atoms. The average molecular weight is 347 g/mol. The van der Waals surface area contributed by atoms with Crippen LogP contribution in [0.2, 0.25) is 0 Å². The van der Waals surface area contributed by atoms with E-state index in [1.54, 1.807) is 25.6 Å². The van der Waals surface area contributed by atoms with E-state index in [4.69, 9.17) is 9.47 Å². The maximum absolute atomic E-state index is 11.7. The molecule has 0 saturated heterocycles. The topological polar surface area (TPSA) is 61.6 Å². The Balaban J connectivity index is 2.14. The third kappa shape index (κ3) is 2.86. The maximum atomic E-state index is 11.7. The Morgan fingerprint density at radius 3 is 2.54 bits per heavy atom. The summed E-state index contributed by atoms with van der Waals surface area (Å²) in [5.41, 5.74) is 2.10. The van der Waals surface area contributed by atoms with Gasteiger partial charge in [0.25, 0.3) is 0 Å². The Hall–Kier alpha value is -2.08. The molecule has 0 saturated carbocycles. The highest BCUT2D eigenvalue weighted by Gasteiger charge is 2.40. The third-order valence-corrected chi connectivity index (χ3v) is 6.00. The number of thiophene rings is 1. The summed E-state index contributed by atoms with van der Waals surface area (Å²) in [4.78, 5) is 13.8. The van der Waals surface area contributed by atoms with Crippen molar-refractivity contribution in [3.8, 4) is 11.5 Å². The molecule has 0 fully saturated rings. The third-order valence-electron chi connectivity index (χ3n) is 4.68. The summed E-state index contributed by atoms with van der Waals surface area (Å²) in [5.74, 6) is 1.07. The van der Waals surface area contributed by atoms with Gasteiger partial charge in [-0.3, -0.25) is 10.1 Å².